The third kappa shape index (κ3) is 3.69. The number of halogens is 1. The summed E-state index contributed by atoms with van der Waals surface area (Å²) in [6, 6.07) is 13.1. The molecule has 0 saturated heterocycles. The summed E-state index contributed by atoms with van der Waals surface area (Å²) in [5.74, 6) is -0.364. The Morgan fingerprint density at radius 1 is 1.24 bits per heavy atom. The number of rotatable bonds is 5. The van der Waals surface area contributed by atoms with Gasteiger partial charge >= 0.3 is 5.76 Å². The molecular weight excluding hydrogens is 384 g/mol. The van der Waals surface area contributed by atoms with Gasteiger partial charge in [0.25, 0.3) is 0 Å². The van der Waals surface area contributed by atoms with Crippen molar-refractivity contribution in [1.29, 1.82) is 0 Å². The van der Waals surface area contributed by atoms with Crippen LogP contribution in [0.2, 0.25) is 0 Å². The number of fused-ring (bicyclic) bond motifs is 1. The number of aromatic nitrogens is 1. The molecule has 5 nitrogen and oxygen atoms in total. The number of carbonyl (C=O) groups excluding carboxylic acids is 1. The number of hydrogen-bond donors (Lipinski definition) is 0. The normalized spacial score (nSPS) is 11.0. The number of anilines is 1. The number of aryl methyl sites for hydroxylation is 2. The maximum atomic E-state index is 12.5. The van der Waals surface area contributed by atoms with Gasteiger partial charge in [0.05, 0.1) is 5.52 Å². The van der Waals surface area contributed by atoms with Crippen LogP contribution in [0.1, 0.15) is 18.4 Å². The van der Waals surface area contributed by atoms with E-state index in [0.29, 0.717) is 25.0 Å². The molecule has 3 rings (SSSR count). The van der Waals surface area contributed by atoms with Crippen molar-refractivity contribution >= 4 is 38.6 Å². The van der Waals surface area contributed by atoms with Crippen molar-refractivity contribution in [2.24, 2.45) is 0 Å². The van der Waals surface area contributed by atoms with E-state index in [-0.39, 0.29) is 11.7 Å². The number of para-hydroxylation sites is 2. The van der Waals surface area contributed by atoms with Crippen molar-refractivity contribution in [1.82, 2.24) is 4.57 Å². The van der Waals surface area contributed by atoms with Crippen molar-refractivity contribution in [3.8, 4) is 0 Å². The molecule has 0 atom stereocenters. The standard InChI is InChI=1S/C19H19BrN2O3/c1-13-12-14(20)9-10-15(13)21(2)18(23)8-5-11-22-16-6-3-4-7-17(16)25-19(22)24/h3-4,6-7,9-10,12H,5,8,11H2,1-2H3. The number of benzene rings is 2. The van der Waals surface area contributed by atoms with Crippen LogP contribution in [-0.2, 0) is 11.3 Å². The van der Waals surface area contributed by atoms with Crippen molar-refractivity contribution in [2.45, 2.75) is 26.3 Å². The van der Waals surface area contributed by atoms with Gasteiger partial charge in [0, 0.05) is 30.2 Å². The van der Waals surface area contributed by atoms with Crippen molar-refractivity contribution < 1.29 is 9.21 Å². The molecule has 25 heavy (non-hydrogen) atoms. The van der Waals surface area contributed by atoms with E-state index in [9.17, 15) is 9.59 Å². The predicted molar refractivity (Wildman–Crippen MR) is 102 cm³/mol. The third-order valence-electron chi connectivity index (χ3n) is 4.24. The molecule has 2 aromatic carbocycles. The molecule has 0 saturated carbocycles. The van der Waals surface area contributed by atoms with E-state index in [1.807, 2.05) is 43.3 Å². The largest absolute Gasteiger partial charge is 0.419 e. The fraction of sp³-hybridized carbons (Fsp3) is 0.263. The molecule has 1 heterocycles. The average molecular weight is 403 g/mol. The van der Waals surface area contributed by atoms with Crippen LogP contribution in [0.4, 0.5) is 5.69 Å². The van der Waals surface area contributed by atoms with Gasteiger partial charge in [-0.25, -0.2) is 4.79 Å². The topological polar surface area (TPSA) is 55.5 Å². The van der Waals surface area contributed by atoms with Crippen LogP contribution < -0.4 is 10.7 Å². The molecule has 0 spiro atoms. The molecule has 0 N–H and O–H groups in total. The monoisotopic (exact) mass is 402 g/mol. The Hall–Kier alpha value is -2.34. The Morgan fingerprint density at radius 3 is 2.76 bits per heavy atom. The van der Waals surface area contributed by atoms with E-state index in [1.54, 1.807) is 22.6 Å². The lowest BCUT2D eigenvalue weighted by molar-refractivity contribution is -0.118. The van der Waals surface area contributed by atoms with E-state index in [4.69, 9.17) is 4.42 Å². The molecule has 0 aliphatic heterocycles. The molecule has 0 radical (unpaired) electrons. The maximum Gasteiger partial charge on any atom is 0.419 e. The molecule has 130 valence electrons. The molecule has 6 heteroatoms. The van der Waals surface area contributed by atoms with E-state index in [0.717, 1.165) is 21.2 Å². The van der Waals surface area contributed by atoms with Crippen molar-refractivity contribution in [2.75, 3.05) is 11.9 Å². The Kier molecular flexibility index (Phi) is 5.08. The Bertz CT molecular complexity index is 974. The number of carbonyl (C=O) groups is 1. The van der Waals surface area contributed by atoms with Crippen molar-refractivity contribution in [3.05, 3.63) is 63.1 Å². The van der Waals surface area contributed by atoms with Crippen LogP contribution in [0.25, 0.3) is 11.1 Å². The summed E-state index contributed by atoms with van der Waals surface area (Å²) in [6.07, 6.45) is 0.931. The summed E-state index contributed by atoms with van der Waals surface area (Å²) in [5.41, 5.74) is 3.25. The molecule has 0 fully saturated rings. The van der Waals surface area contributed by atoms with Gasteiger partial charge in [-0.05, 0) is 49.2 Å². The quantitative estimate of drug-likeness (QED) is 0.645. The second kappa shape index (κ2) is 7.27. The summed E-state index contributed by atoms with van der Waals surface area (Å²) >= 11 is 3.43. The van der Waals surface area contributed by atoms with Crippen LogP contribution in [-0.4, -0.2) is 17.5 Å². The van der Waals surface area contributed by atoms with Crippen LogP contribution >= 0.6 is 15.9 Å². The minimum Gasteiger partial charge on any atom is -0.408 e. The number of nitrogens with zero attached hydrogens (tertiary/aromatic N) is 2. The predicted octanol–water partition coefficient (Wildman–Crippen LogP) is 4.11. The lowest BCUT2D eigenvalue weighted by Gasteiger charge is -2.19. The third-order valence-corrected chi connectivity index (χ3v) is 4.73. The van der Waals surface area contributed by atoms with Gasteiger partial charge < -0.3 is 9.32 Å². The van der Waals surface area contributed by atoms with E-state index in [2.05, 4.69) is 15.9 Å². The highest BCUT2D eigenvalue weighted by Gasteiger charge is 2.14. The highest BCUT2D eigenvalue weighted by atomic mass is 79.9. The zero-order valence-electron chi connectivity index (χ0n) is 14.2. The van der Waals surface area contributed by atoms with Gasteiger partial charge in [0.15, 0.2) is 5.58 Å². The van der Waals surface area contributed by atoms with Gasteiger partial charge in [0.1, 0.15) is 0 Å². The molecule has 1 amide bonds. The van der Waals surface area contributed by atoms with Crippen molar-refractivity contribution in [3.63, 3.8) is 0 Å². The fourth-order valence-corrected chi connectivity index (χ4v) is 3.39. The second-order valence-electron chi connectivity index (χ2n) is 5.97. The van der Waals surface area contributed by atoms with Crippen LogP contribution in [0.5, 0.6) is 0 Å². The van der Waals surface area contributed by atoms with Gasteiger partial charge in [-0.2, -0.15) is 0 Å². The summed E-state index contributed by atoms with van der Waals surface area (Å²) in [6.45, 7) is 2.43. The second-order valence-corrected chi connectivity index (χ2v) is 6.89. The SMILES string of the molecule is Cc1cc(Br)ccc1N(C)C(=O)CCCn1c(=O)oc2ccccc21. The first-order chi connectivity index (χ1) is 12.0. The van der Waals surface area contributed by atoms with E-state index in [1.165, 1.54) is 0 Å². The molecule has 0 aliphatic rings. The van der Waals surface area contributed by atoms with E-state index < -0.39 is 0 Å². The minimum absolute atomic E-state index is 0.0197. The molecule has 1 aromatic heterocycles. The Balaban J connectivity index is 1.66. The number of hydrogen-bond acceptors (Lipinski definition) is 3. The summed E-state index contributed by atoms with van der Waals surface area (Å²) in [5, 5.41) is 0. The van der Waals surface area contributed by atoms with Crippen LogP contribution in [0.3, 0.4) is 0 Å². The highest BCUT2D eigenvalue weighted by Crippen LogP contribution is 2.23. The lowest BCUT2D eigenvalue weighted by Crippen LogP contribution is -2.27. The van der Waals surface area contributed by atoms with Crippen LogP contribution in [0, 0.1) is 6.92 Å². The Labute approximate surface area is 154 Å². The smallest absolute Gasteiger partial charge is 0.408 e. The molecule has 0 aliphatic carbocycles. The Morgan fingerprint density at radius 2 is 2.00 bits per heavy atom. The van der Waals surface area contributed by atoms with Gasteiger partial charge in [0.2, 0.25) is 5.91 Å². The number of oxazole rings is 1. The number of amides is 1. The summed E-state index contributed by atoms with van der Waals surface area (Å²) in [4.78, 5) is 26.1. The molecular formula is C19H19BrN2O3. The first-order valence-electron chi connectivity index (χ1n) is 8.08. The summed E-state index contributed by atoms with van der Waals surface area (Å²) < 4.78 is 7.77. The van der Waals surface area contributed by atoms with Gasteiger partial charge in [-0.15, -0.1) is 0 Å². The van der Waals surface area contributed by atoms with Gasteiger partial charge in [-0.3, -0.25) is 9.36 Å². The minimum atomic E-state index is -0.384. The first kappa shape index (κ1) is 17.5. The highest BCUT2D eigenvalue weighted by molar-refractivity contribution is 9.10. The maximum absolute atomic E-state index is 12.5. The van der Waals surface area contributed by atoms with E-state index >= 15 is 0 Å². The molecule has 3 aromatic rings. The average Bonchev–Trinajstić information content (AvgIpc) is 2.90. The summed E-state index contributed by atoms with van der Waals surface area (Å²) in [7, 11) is 1.78. The van der Waals surface area contributed by atoms with Crippen LogP contribution in [0.15, 0.2) is 56.1 Å². The zero-order chi connectivity index (χ0) is 18.0. The van der Waals surface area contributed by atoms with Gasteiger partial charge in [-0.1, -0.05) is 28.1 Å². The lowest BCUT2D eigenvalue weighted by atomic mass is 10.1. The molecule has 0 unspecified atom stereocenters. The fourth-order valence-electron chi connectivity index (χ4n) is 2.91. The first-order valence-corrected chi connectivity index (χ1v) is 8.88. The zero-order valence-corrected chi connectivity index (χ0v) is 15.7. The molecule has 0 bridgehead atoms.